The third-order valence-electron chi connectivity index (χ3n) is 1.43. The molecule has 10 heavy (non-hydrogen) atoms. The van der Waals surface area contributed by atoms with Crippen LogP contribution in [0.25, 0.3) is 0 Å². The maximum atomic E-state index is 10.5. The Hall–Kier alpha value is -0.0600. The van der Waals surface area contributed by atoms with Gasteiger partial charge in [-0.2, -0.15) is 0 Å². The Balaban J connectivity index is 3.86. The maximum absolute atomic E-state index is 10.5. The van der Waals surface area contributed by atoms with Gasteiger partial charge < -0.3 is 4.55 Å². The van der Waals surface area contributed by atoms with E-state index in [-0.39, 0.29) is 0 Å². The summed E-state index contributed by atoms with van der Waals surface area (Å²) in [6.45, 7) is 4.05. The lowest BCUT2D eigenvalue weighted by Crippen LogP contribution is -2.14. The van der Waals surface area contributed by atoms with Crippen LogP contribution in [0.2, 0.25) is 0 Å². The zero-order valence-corrected chi connectivity index (χ0v) is 7.23. The molecule has 0 saturated carbocycles. The Bertz CT molecular complexity index is 186. The Kier molecular flexibility index (Phi) is 3.93. The van der Waals surface area contributed by atoms with Gasteiger partial charge in [0.25, 0.3) is 0 Å². The molecule has 62 valence electrons. The van der Waals surface area contributed by atoms with E-state index in [4.69, 9.17) is 9.69 Å². The highest BCUT2D eigenvalue weighted by Gasteiger charge is 1.97. The van der Waals surface area contributed by atoms with E-state index in [1.165, 1.54) is 5.37 Å². The van der Waals surface area contributed by atoms with Crippen molar-refractivity contribution in [2.75, 3.05) is 0 Å². The van der Waals surface area contributed by atoms with Crippen LogP contribution in [0.3, 0.4) is 0 Å². The predicted octanol–water partition coefficient (Wildman–Crippen LogP) is 0.856. The summed E-state index contributed by atoms with van der Waals surface area (Å²) in [5.74, 6) is 0.441. The van der Waals surface area contributed by atoms with Crippen molar-refractivity contribution >= 4 is 15.4 Å². The van der Waals surface area contributed by atoms with Crippen LogP contribution in [0, 0.1) is 5.92 Å². The van der Waals surface area contributed by atoms with Crippen molar-refractivity contribution in [3.63, 3.8) is 0 Å². The molecule has 0 aromatic rings. The fraction of sp³-hybridized carbons (Fsp3) is 0.833. The van der Waals surface area contributed by atoms with Gasteiger partial charge in [-0.15, -0.1) is 0 Å². The first-order valence-corrected chi connectivity index (χ1v) is 4.97. The summed E-state index contributed by atoms with van der Waals surface area (Å²) in [6, 6.07) is 0. The molecule has 0 saturated heterocycles. The molecule has 0 aromatic heterocycles. The summed E-state index contributed by atoms with van der Waals surface area (Å²) >= 11 is 0. The molecule has 0 amide bonds. The predicted molar refractivity (Wildman–Crippen MR) is 45.1 cm³/mol. The van der Waals surface area contributed by atoms with E-state index in [9.17, 15) is 4.21 Å². The molecule has 0 aliphatic rings. The smallest absolute Gasteiger partial charge is 0.138 e. The third-order valence-corrected chi connectivity index (χ3v) is 2.10. The normalized spacial score (nSPS) is 19.6. The molecule has 3 N–H and O–H groups in total. The van der Waals surface area contributed by atoms with Gasteiger partial charge in [0, 0.05) is 5.37 Å². The minimum Gasteiger partial charge on any atom is -0.303 e. The minimum absolute atomic E-state index is 0.441. The van der Waals surface area contributed by atoms with Crippen molar-refractivity contribution in [2.24, 2.45) is 11.1 Å². The van der Waals surface area contributed by atoms with Crippen LogP contribution in [-0.2, 0) is 9.99 Å². The molecule has 0 spiro atoms. The van der Waals surface area contributed by atoms with Gasteiger partial charge in [0.05, 0.1) is 0 Å². The van der Waals surface area contributed by atoms with Gasteiger partial charge in [-0.1, -0.05) is 20.3 Å². The molecule has 3 nitrogen and oxygen atoms in total. The van der Waals surface area contributed by atoms with Crippen LogP contribution in [0.15, 0.2) is 0 Å². The zero-order valence-electron chi connectivity index (χ0n) is 6.41. The minimum atomic E-state index is -3.10. The molecule has 0 radical (unpaired) electrons. The highest BCUT2D eigenvalue weighted by Crippen LogP contribution is 2.03. The lowest BCUT2D eigenvalue weighted by atomic mass is 10.1. The summed E-state index contributed by atoms with van der Waals surface area (Å²) in [6.07, 6.45) is 1.62. The van der Waals surface area contributed by atoms with E-state index in [0.29, 0.717) is 12.3 Å². The Morgan fingerprint density at radius 3 is 2.60 bits per heavy atom. The molecule has 0 aromatic carbocycles. The second-order valence-corrected chi connectivity index (χ2v) is 4.09. The van der Waals surface area contributed by atoms with E-state index in [0.717, 1.165) is 6.42 Å². The summed E-state index contributed by atoms with van der Waals surface area (Å²) in [5.41, 5.74) is 0. The first kappa shape index (κ1) is 9.94. The van der Waals surface area contributed by atoms with Crippen molar-refractivity contribution in [3.8, 4) is 0 Å². The SMILES string of the molecule is CCC(C)CC=S(N)(=O)O. The lowest BCUT2D eigenvalue weighted by molar-refractivity contribution is 0.557. The monoisotopic (exact) mass is 165 g/mol. The molecule has 0 fully saturated rings. The fourth-order valence-electron chi connectivity index (χ4n) is 0.469. The number of nitrogens with two attached hydrogens (primary N) is 1. The maximum Gasteiger partial charge on any atom is 0.138 e. The summed E-state index contributed by atoms with van der Waals surface area (Å²) < 4.78 is 19.1. The van der Waals surface area contributed by atoms with E-state index >= 15 is 0 Å². The average molecular weight is 165 g/mol. The molecular weight excluding hydrogens is 150 g/mol. The second-order valence-electron chi connectivity index (χ2n) is 2.53. The highest BCUT2D eigenvalue weighted by atomic mass is 32.2. The van der Waals surface area contributed by atoms with Crippen LogP contribution in [0.1, 0.15) is 26.7 Å². The van der Waals surface area contributed by atoms with Gasteiger partial charge in [-0.05, 0) is 12.3 Å². The Morgan fingerprint density at radius 1 is 1.80 bits per heavy atom. The van der Waals surface area contributed by atoms with E-state index in [2.05, 4.69) is 0 Å². The third kappa shape index (κ3) is 6.07. The Labute approximate surface area is 62.6 Å². The van der Waals surface area contributed by atoms with Crippen molar-refractivity contribution < 1.29 is 8.76 Å². The lowest BCUT2D eigenvalue weighted by Gasteiger charge is -2.02. The van der Waals surface area contributed by atoms with Crippen LogP contribution in [0.4, 0.5) is 0 Å². The largest absolute Gasteiger partial charge is 0.303 e. The van der Waals surface area contributed by atoms with Gasteiger partial charge in [0.1, 0.15) is 9.99 Å². The van der Waals surface area contributed by atoms with Crippen LogP contribution in [-0.4, -0.2) is 14.1 Å². The first-order valence-electron chi connectivity index (χ1n) is 3.33. The average Bonchev–Trinajstić information content (AvgIpc) is 1.81. The number of rotatable bonds is 3. The standard InChI is InChI=1S/C6H15NO2S/c1-3-6(2)4-5-10(7,8)9/h5-6H,3-4H2,1-2H3,(H3,7,8,9). The van der Waals surface area contributed by atoms with E-state index in [1.54, 1.807) is 0 Å². The first-order chi connectivity index (χ1) is 4.45. The molecule has 0 rings (SSSR count). The molecule has 0 bridgehead atoms. The molecule has 0 aliphatic carbocycles. The number of hydrogen-bond acceptors (Lipinski definition) is 1. The molecular formula is C6H15NO2S. The summed E-state index contributed by atoms with van der Waals surface area (Å²) in [4.78, 5) is 0. The van der Waals surface area contributed by atoms with E-state index in [1.807, 2.05) is 13.8 Å². The van der Waals surface area contributed by atoms with Crippen molar-refractivity contribution in [1.29, 1.82) is 0 Å². The fourth-order valence-corrected chi connectivity index (χ4v) is 1.07. The molecule has 2 unspecified atom stereocenters. The summed E-state index contributed by atoms with van der Waals surface area (Å²) in [7, 11) is -3.10. The topological polar surface area (TPSA) is 63.3 Å². The van der Waals surface area contributed by atoms with Crippen molar-refractivity contribution in [1.82, 2.24) is 0 Å². The molecule has 0 aliphatic heterocycles. The molecule has 0 heterocycles. The quantitative estimate of drug-likeness (QED) is 0.609. The van der Waals surface area contributed by atoms with Gasteiger partial charge >= 0.3 is 0 Å². The number of hydrogen-bond donors (Lipinski definition) is 2. The van der Waals surface area contributed by atoms with E-state index < -0.39 is 9.99 Å². The van der Waals surface area contributed by atoms with Crippen LogP contribution < -0.4 is 5.14 Å². The van der Waals surface area contributed by atoms with Gasteiger partial charge in [-0.25, -0.2) is 9.35 Å². The van der Waals surface area contributed by atoms with Crippen molar-refractivity contribution in [3.05, 3.63) is 0 Å². The highest BCUT2D eigenvalue weighted by molar-refractivity contribution is 7.93. The zero-order chi connectivity index (χ0) is 8.20. The molecule has 4 heteroatoms. The van der Waals surface area contributed by atoms with Crippen LogP contribution in [0.5, 0.6) is 0 Å². The summed E-state index contributed by atoms with van der Waals surface area (Å²) in [5, 5.41) is 6.15. The van der Waals surface area contributed by atoms with Gasteiger partial charge in [0.2, 0.25) is 0 Å². The van der Waals surface area contributed by atoms with Gasteiger partial charge in [-0.3, -0.25) is 0 Å². The molecule has 2 atom stereocenters. The van der Waals surface area contributed by atoms with Crippen molar-refractivity contribution in [2.45, 2.75) is 26.7 Å². The van der Waals surface area contributed by atoms with Gasteiger partial charge in [0.15, 0.2) is 0 Å². The second kappa shape index (κ2) is 3.95. The van der Waals surface area contributed by atoms with Crippen LogP contribution >= 0.6 is 0 Å². The Morgan fingerprint density at radius 2 is 2.30 bits per heavy atom.